The molecular formula is C22H26O11. The van der Waals surface area contributed by atoms with Crippen molar-refractivity contribution in [3.05, 3.63) is 35.9 Å². The highest BCUT2D eigenvalue weighted by Gasteiger charge is 2.52. The lowest BCUT2D eigenvalue weighted by molar-refractivity contribution is -0.295. The Kier molecular flexibility index (Phi) is 9.49. The molecule has 0 spiro atoms. The number of hydrogen-bond acceptors (Lipinski definition) is 11. The first-order valence-electron chi connectivity index (χ1n) is 10.2. The Hall–Kier alpha value is -3.31. The van der Waals surface area contributed by atoms with Crippen molar-refractivity contribution in [2.24, 2.45) is 0 Å². The van der Waals surface area contributed by atoms with Gasteiger partial charge < -0.3 is 33.6 Å². The van der Waals surface area contributed by atoms with Crippen LogP contribution in [0, 0.1) is 0 Å². The molecule has 1 aromatic rings. The number of benzene rings is 1. The molecule has 11 nitrogen and oxygen atoms in total. The van der Waals surface area contributed by atoms with Crippen molar-refractivity contribution >= 4 is 29.7 Å². The van der Waals surface area contributed by atoms with Crippen molar-refractivity contribution in [2.75, 3.05) is 6.61 Å². The van der Waals surface area contributed by atoms with Crippen LogP contribution in [-0.4, -0.2) is 72.1 Å². The van der Waals surface area contributed by atoms with E-state index in [1.807, 2.05) is 0 Å². The third-order valence-electron chi connectivity index (χ3n) is 4.55. The number of aliphatic hydroxyl groups is 1. The van der Waals surface area contributed by atoms with Gasteiger partial charge in [-0.1, -0.05) is 18.2 Å². The van der Waals surface area contributed by atoms with Crippen LogP contribution in [0.25, 0.3) is 0 Å². The average Bonchev–Trinajstić information content (AvgIpc) is 2.75. The van der Waals surface area contributed by atoms with Gasteiger partial charge in [-0.3, -0.25) is 14.4 Å². The van der Waals surface area contributed by atoms with E-state index in [2.05, 4.69) is 0 Å². The van der Waals surface area contributed by atoms with E-state index in [1.54, 1.807) is 18.2 Å². The third-order valence-corrected chi connectivity index (χ3v) is 4.55. The van der Waals surface area contributed by atoms with Crippen LogP contribution in [0.2, 0.25) is 0 Å². The summed E-state index contributed by atoms with van der Waals surface area (Å²) in [6, 6.07) is 8.05. The van der Waals surface area contributed by atoms with E-state index in [4.69, 9.17) is 23.7 Å². The molecule has 180 valence electrons. The molecule has 1 saturated heterocycles. The maximum Gasteiger partial charge on any atom is 0.338 e. The molecule has 1 fully saturated rings. The normalized spacial score (nSPS) is 24.3. The minimum atomic E-state index is -1.80. The van der Waals surface area contributed by atoms with Crippen LogP contribution in [0.3, 0.4) is 0 Å². The molecule has 0 aromatic heterocycles. The topological polar surface area (TPSA) is 152 Å². The third kappa shape index (κ3) is 7.95. The maximum absolute atomic E-state index is 12.3. The molecule has 0 amide bonds. The Morgan fingerprint density at radius 1 is 0.848 bits per heavy atom. The Bertz CT molecular complexity index is 866. The first kappa shape index (κ1) is 25.9. The Balaban J connectivity index is 2.21. The molecule has 0 saturated carbocycles. The van der Waals surface area contributed by atoms with Gasteiger partial charge >= 0.3 is 23.9 Å². The molecule has 33 heavy (non-hydrogen) atoms. The van der Waals surface area contributed by atoms with E-state index in [1.165, 1.54) is 19.1 Å². The van der Waals surface area contributed by atoms with Gasteiger partial charge in [0.2, 0.25) is 0 Å². The van der Waals surface area contributed by atoms with E-state index in [0.29, 0.717) is 0 Å². The van der Waals surface area contributed by atoms with E-state index in [9.17, 15) is 29.1 Å². The SMILES string of the molecule is CC(=O)CCC(=O)O[C@H]1C(O)O[C@H](COC(=O)c2ccccc2)[C@H](OC(C)=O)[C@@H]1OC(C)=O. The fourth-order valence-corrected chi connectivity index (χ4v) is 3.12. The zero-order valence-corrected chi connectivity index (χ0v) is 18.4. The van der Waals surface area contributed by atoms with E-state index >= 15 is 0 Å². The van der Waals surface area contributed by atoms with Gasteiger partial charge in [-0.15, -0.1) is 0 Å². The number of carbonyl (C=O) groups excluding carboxylic acids is 5. The molecule has 0 radical (unpaired) electrons. The second kappa shape index (κ2) is 12.1. The zero-order valence-electron chi connectivity index (χ0n) is 18.4. The van der Waals surface area contributed by atoms with Crippen LogP contribution < -0.4 is 0 Å². The van der Waals surface area contributed by atoms with Crippen molar-refractivity contribution in [2.45, 2.75) is 64.3 Å². The zero-order chi connectivity index (χ0) is 24.5. The van der Waals surface area contributed by atoms with Crippen molar-refractivity contribution in [1.29, 1.82) is 0 Å². The fraction of sp³-hybridized carbons (Fsp3) is 0.500. The van der Waals surface area contributed by atoms with E-state index < -0.39 is 61.2 Å². The molecule has 1 aliphatic heterocycles. The lowest BCUT2D eigenvalue weighted by Gasteiger charge is -2.42. The molecule has 1 aliphatic rings. The van der Waals surface area contributed by atoms with Gasteiger partial charge in [0.1, 0.15) is 18.5 Å². The van der Waals surface area contributed by atoms with Crippen molar-refractivity contribution in [3.63, 3.8) is 0 Å². The van der Waals surface area contributed by atoms with Gasteiger partial charge in [-0.25, -0.2) is 4.79 Å². The number of esters is 4. The van der Waals surface area contributed by atoms with Gasteiger partial charge in [0.15, 0.2) is 24.6 Å². The van der Waals surface area contributed by atoms with Crippen LogP contribution in [0.15, 0.2) is 30.3 Å². The summed E-state index contributed by atoms with van der Waals surface area (Å²) in [5, 5.41) is 10.4. The second-order valence-electron chi connectivity index (χ2n) is 7.33. The minimum absolute atomic E-state index is 0.0911. The molecule has 1 unspecified atom stereocenters. The summed E-state index contributed by atoms with van der Waals surface area (Å²) in [7, 11) is 0. The van der Waals surface area contributed by atoms with Crippen molar-refractivity contribution in [3.8, 4) is 0 Å². The Morgan fingerprint density at radius 3 is 2.03 bits per heavy atom. The van der Waals surface area contributed by atoms with Gasteiger partial charge in [-0.05, 0) is 19.1 Å². The number of ketones is 1. The summed E-state index contributed by atoms with van der Waals surface area (Å²) in [6.07, 6.45) is -7.80. The minimum Gasteiger partial charge on any atom is -0.459 e. The summed E-state index contributed by atoms with van der Waals surface area (Å²) < 4.78 is 26.2. The van der Waals surface area contributed by atoms with E-state index in [-0.39, 0.29) is 24.2 Å². The maximum atomic E-state index is 12.3. The summed E-state index contributed by atoms with van der Waals surface area (Å²) in [5.41, 5.74) is 0.256. The van der Waals surface area contributed by atoms with Gasteiger partial charge in [0.05, 0.1) is 12.0 Å². The van der Waals surface area contributed by atoms with Crippen LogP contribution in [0.4, 0.5) is 0 Å². The van der Waals surface area contributed by atoms with E-state index in [0.717, 1.165) is 13.8 Å². The molecule has 0 bridgehead atoms. The predicted molar refractivity (Wildman–Crippen MR) is 109 cm³/mol. The smallest absolute Gasteiger partial charge is 0.338 e. The molecule has 11 heteroatoms. The monoisotopic (exact) mass is 466 g/mol. The molecule has 0 aliphatic carbocycles. The van der Waals surface area contributed by atoms with Crippen molar-refractivity contribution in [1.82, 2.24) is 0 Å². The molecular weight excluding hydrogens is 440 g/mol. The Labute approximate surface area is 189 Å². The Morgan fingerprint density at radius 2 is 1.45 bits per heavy atom. The molecule has 1 heterocycles. The number of ether oxygens (including phenoxy) is 5. The summed E-state index contributed by atoms with van der Waals surface area (Å²) in [5.74, 6) is -3.39. The molecule has 5 atom stereocenters. The largest absolute Gasteiger partial charge is 0.459 e. The first-order chi connectivity index (χ1) is 15.6. The van der Waals surface area contributed by atoms with Crippen LogP contribution in [0.1, 0.15) is 44.0 Å². The van der Waals surface area contributed by atoms with Crippen molar-refractivity contribution < 1.29 is 52.8 Å². The van der Waals surface area contributed by atoms with Gasteiger partial charge in [0.25, 0.3) is 0 Å². The number of aliphatic hydroxyl groups excluding tert-OH is 1. The number of carbonyl (C=O) groups is 5. The highest BCUT2D eigenvalue weighted by molar-refractivity contribution is 5.89. The average molecular weight is 466 g/mol. The molecule has 1 N–H and O–H groups in total. The second-order valence-corrected chi connectivity index (χ2v) is 7.33. The lowest BCUT2D eigenvalue weighted by Crippen LogP contribution is -2.62. The highest BCUT2D eigenvalue weighted by Crippen LogP contribution is 2.28. The standard InChI is InChI=1S/C22H26O11/c1-12(23)9-10-17(26)33-20-19(31-14(3)25)18(30-13(2)24)16(32-22(20)28)11-29-21(27)15-7-5-4-6-8-15/h4-8,16,18-20,22,28H,9-11H2,1-3H3/t16-,18+,19+,20-,22?/m1/s1. The summed E-state index contributed by atoms with van der Waals surface area (Å²) in [4.78, 5) is 58.9. The number of hydrogen-bond donors (Lipinski definition) is 1. The predicted octanol–water partition coefficient (Wildman–Crippen LogP) is 0.705. The van der Waals surface area contributed by atoms with Crippen LogP contribution >= 0.6 is 0 Å². The fourth-order valence-electron chi connectivity index (χ4n) is 3.12. The number of Topliss-reactive ketones (excluding diaryl/α,β-unsaturated/α-hetero) is 1. The summed E-state index contributed by atoms with van der Waals surface area (Å²) >= 11 is 0. The quantitative estimate of drug-likeness (QED) is 0.404. The molecule has 1 aromatic carbocycles. The molecule has 2 rings (SSSR count). The van der Waals surface area contributed by atoms with Crippen LogP contribution in [0.5, 0.6) is 0 Å². The summed E-state index contributed by atoms with van der Waals surface area (Å²) in [6.45, 7) is 3.00. The number of rotatable bonds is 9. The first-order valence-corrected chi connectivity index (χ1v) is 10.2. The van der Waals surface area contributed by atoms with Gasteiger partial charge in [-0.2, -0.15) is 0 Å². The van der Waals surface area contributed by atoms with Gasteiger partial charge in [0, 0.05) is 20.3 Å². The van der Waals surface area contributed by atoms with Crippen LogP contribution in [-0.2, 0) is 42.9 Å². The lowest BCUT2D eigenvalue weighted by atomic mass is 9.98. The highest BCUT2D eigenvalue weighted by atomic mass is 16.7.